The standard InChI is InChI=1S/C14H8ClNOS/c15-13-8-7-12(18-13)14(17)11-6-5-9-3-1-2-4-10(9)16-11/h1-8H. The van der Waals surface area contributed by atoms with Crippen molar-refractivity contribution in [3.05, 3.63) is 63.4 Å². The second-order valence-corrected chi connectivity index (χ2v) is 5.54. The largest absolute Gasteiger partial charge is 0.286 e. The molecule has 0 saturated heterocycles. The molecule has 88 valence electrons. The van der Waals surface area contributed by atoms with Crippen molar-refractivity contribution in [1.82, 2.24) is 4.98 Å². The first-order valence-electron chi connectivity index (χ1n) is 5.40. The zero-order valence-corrected chi connectivity index (χ0v) is 10.8. The molecule has 1 aromatic carbocycles. The second kappa shape index (κ2) is 4.52. The molecule has 0 aliphatic rings. The molecule has 0 radical (unpaired) electrons. The fourth-order valence-corrected chi connectivity index (χ4v) is 2.75. The number of rotatable bonds is 2. The van der Waals surface area contributed by atoms with Crippen LogP contribution in [0.2, 0.25) is 4.34 Å². The normalized spacial score (nSPS) is 10.7. The summed E-state index contributed by atoms with van der Waals surface area (Å²) < 4.78 is 0.610. The molecule has 18 heavy (non-hydrogen) atoms. The quantitative estimate of drug-likeness (QED) is 0.656. The molecule has 0 fully saturated rings. The molecule has 0 saturated carbocycles. The lowest BCUT2D eigenvalue weighted by atomic mass is 10.1. The summed E-state index contributed by atoms with van der Waals surface area (Å²) in [6, 6.07) is 14.8. The second-order valence-electron chi connectivity index (χ2n) is 3.82. The zero-order valence-electron chi connectivity index (χ0n) is 9.26. The van der Waals surface area contributed by atoms with Crippen molar-refractivity contribution in [1.29, 1.82) is 0 Å². The van der Waals surface area contributed by atoms with Gasteiger partial charge in [-0.25, -0.2) is 4.98 Å². The fourth-order valence-electron chi connectivity index (χ4n) is 1.76. The lowest BCUT2D eigenvalue weighted by Crippen LogP contribution is -2.01. The summed E-state index contributed by atoms with van der Waals surface area (Å²) in [5, 5.41) is 1.03. The number of hydrogen-bond donors (Lipinski definition) is 0. The van der Waals surface area contributed by atoms with Gasteiger partial charge in [0.1, 0.15) is 5.69 Å². The summed E-state index contributed by atoms with van der Waals surface area (Å²) >= 11 is 7.10. The Labute approximate surface area is 113 Å². The minimum atomic E-state index is -0.0855. The smallest absolute Gasteiger partial charge is 0.221 e. The van der Waals surface area contributed by atoms with Gasteiger partial charge in [-0.05, 0) is 24.3 Å². The number of fused-ring (bicyclic) bond motifs is 1. The van der Waals surface area contributed by atoms with Crippen LogP contribution >= 0.6 is 22.9 Å². The first kappa shape index (κ1) is 11.4. The Hall–Kier alpha value is -1.71. The van der Waals surface area contributed by atoms with Gasteiger partial charge in [0.2, 0.25) is 5.78 Å². The maximum absolute atomic E-state index is 12.2. The van der Waals surface area contributed by atoms with Gasteiger partial charge in [-0.2, -0.15) is 0 Å². The van der Waals surface area contributed by atoms with Crippen LogP contribution in [-0.2, 0) is 0 Å². The van der Waals surface area contributed by atoms with Gasteiger partial charge in [0.05, 0.1) is 14.7 Å². The van der Waals surface area contributed by atoms with Gasteiger partial charge in [-0.1, -0.05) is 35.9 Å². The van der Waals surface area contributed by atoms with E-state index in [0.717, 1.165) is 10.9 Å². The van der Waals surface area contributed by atoms with Crippen LogP contribution in [0.4, 0.5) is 0 Å². The molecule has 0 aliphatic carbocycles. The molecule has 3 rings (SSSR count). The average molecular weight is 274 g/mol. The summed E-state index contributed by atoms with van der Waals surface area (Å²) in [6.45, 7) is 0. The Kier molecular flexibility index (Phi) is 2.86. The summed E-state index contributed by atoms with van der Waals surface area (Å²) in [5.41, 5.74) is 1.28. The topological polar surface area (TPSA) is 30.0 Å². The summed E-state index contributed by atoms with van der Waals surface area (Å²) in [5.74, 6) is -0.0855. The molecule has 2 nitrogen and oxygen atoms in total. The Morgan fingerprint density at radius 3 is 2.67 bits per heavy atom. The Morgan fingerprint density at radius 2 is 1.89 bits per heavy atom. The van der Waals surface area contributed by atoms with E-state index in [4.69, 9.17) is 11.6 Å². The number of para-hydroxylation sites is 1. The Balaban J connectivity index is 2.06. The predicted molar refractivity (Wildman–Crippen MR) is 74.5 cm³/mol. The van der Waals surface area contributed by atoms with Crippen molar-refractivity contribution in [2.45, 2.75) is 0 Å². The lowest BCUT2D eigenvalue weighted by Gasteiger charge is -2.00. The van der Waals surface area contributed by atoms with Crippen LogP contribution in [0.1, 0.15) is 15.4 Å². The third-order valence-corrected chi connectivity index (χ3v) is 3.86. The van der Waals surface area contributed by atoms with Crippen molar-refractivity contribution >= 4 is 39.6 Å². The van der Waals surface area contributed by atoms with Crippen molar-refractivity contribution in [3.63, 3.8) is 0 Å². The van der Waals surface area contributed by atoms with E-state index in [-0.39, 0.29) is 5.78 Å². The number of aromatic nitrogens is 1. The van der Waals surface area contributed by atoms with Crippen molar-refractivity contribution in [3.8, 4) is 0 Å². The third-order valence-electron chi connectivity index (χ3n) is 2.63. The minimum Gasteiger partial charge on any atom is -0.286 e. The van der Waals surface area contributed by atoms with E-state index in [1.807, 2.05) is 30.3 Å². The monoisotopic (exact) mass is 273 g/mol. The number of halogens is 1. The van der Waals surface area contributed by atoms with Crippen LogP contribution in [0.15, 0.2) is 48.5 Å². The first-order valence-corrected chi connectivity index (χ1v) is 6.59. The number of benzene rings is 1. The highest BCUT2D eigenvalue weighted by Gasteiger charge is 2.13. The van der Waals surface area contributed by atoms with E-state index in [1.165, 1.54) is 11.3 Å². The van der Waals surface area contributed by atoms with E-state index in [1.54, 1.807) is 18.2 Å². The predicted octanol–water partition coefficient (Wildman–Crippen LogP) is 4.18. The van der Waals surface area contributed by atoms with Crippen molar-refractivity contribution < 1.29 is 4.79 Å². The highest BCUT2D eigenvalue weighted by molar-refractivity contribution is 7.18. The van der Waals surface area contributed by atoms with Crippen molar-refractivity contribution in [2.24, 2.45) is 0 Å². The molecule has 2 heterocycles. The van der Waals surface area contributed by atoms with Gasteiger partial charge in [-0.3, -0.25) is 4.79 Å². The fraction of sp³-hybridized carbons (Fsp3) is 0. The number of carbonyl (C=O) groups excluding carboxylic acids is 1. The number of thiophene rings is 1. The van der Waals surface area contributed by atoms with Gasteiger partial charge in [0.25, 0.3) is 0 Å². The van der Waals surface area contributed by atoms with Crippen LogP contribution in [0.25, 0.3) is 10.9 Å². The molecule has 2 aromatic heterocycles. The summed E-state index contributed by atoms with van der Waals surface area (Å²) in [4.78, 5) is 17.2. The Morgan fingerprint density at radius 1 is 1.06 bits per heavy atom. The number of pyridine rings is 1. The number of nitrogens with zero attached hydrogens (tertiary/aromatic N) is 1. The molecule has 3 aromatic rings. The maximum atomic E-state index is 12.2. The van der Waals surface area contributed by atoms with Crippen LogP contribution in [0.5, 0.6) is 0 Å². The molecule has 4 heteroatoms. The average Bonchev–Trinajstić information content (AvgIpc) is 2.84. The number of hydrogen-bond acceptors (Lipinski definition) is 3. The zero-order chi connectivity index (χ0) is 12.5. The van der Waals surface area contributed by atoms with E-state index >= 15 is 0 Å². The van der Waals surface area contributed by atoms with Crippen LogP contribution < -0.4 is 0 Å². The molecular weight excluding hydrogens is 266 g/mol. The molecule has 0 atom stereocenters. The van der Waals surface area contributed by atoms with Crippen LogP contribution in [0.3, 0.4) is 0 Å². The highest BCUT2D eigenvalue weighted by atomic mass is 35.5. The Bertz CT molecular complexity index is 735. The van der Waals surface area contributed by atoms with Gasteiger partial charge in [0, 0.05) is 5.39 Å². The molecule has 0 aliphatic heterocycles. The van der Waals surface area contributed by atoms with E-state index in [0.29, 0.717) is 14.9 Å². The van der Waals surface area contributed by atoms with E-state index in [2.05, 4.69) is 4.98 Å². The van der Waals surface area contributed by atoms with Gasteiger partial charge in [0.15, 0.2) is 0 Å². The minimum absolute atomic E-state index is 0.0855. The summed E-state index contributed by atoms with van der Waals surface area (Å²) in [7, 11) is 0. The van der Waals surface area contributed by atoms with E-state index < -0.39 is 0 Å². The first-order chi connectivity index (χ1) is 8.74. The number of ketones is 1. The number of carbonyl (C=O) groups is 1. The van der Waals surface area contributed by atoms with Gasteiger partial charge < -0.3 is 0 Å². The van der Waals surface area contributed by atoms with E-state index in [9.17, 15) is 4.79 Å². The maximum Gasteiger partial charge on any atom is 0.221 e. The lowest BCUT2D eigenvalue weighted by molar-refractivity contribution is 0.103. The summed E-state index contributed by atoms with van der Waals surface area (Å²) in [6.07, 6.45) is 0. The highest BCUT2D eigenvalue weighted by Crippen LogP contribution is 2.24. The SMILES string of the molecule is O=C(c1ccc2ccccc2n1)c1ccc(Cl)s1. The van der Waals surface area contributed by atoms with Gasteiger partial charge >= 0.3 is 0 Å². The molecule has 0 bridgehead atoms. The van der Waals surface area contributed by atoms with Crippen LogP contribution in [-0.4, -0.2) is 10.8 Å². The molecular formula is C14H8ClNOS. The van der Waals surface area contributed by atoms with Crippen molar-refractivity contribution in [2.75, 3.05) is 0 Å². The van der Waals surface area contributed by atoms with Crippen LogP contribution in [0, 0.1) is 0 Å². The molecule has 0 spiro atoms. The molecule has 0 unspecified atom stereocenters. The molecule has 0 amide bonds. The van der Waals surface area contributed by atoms with Gasteiger partial charge in [-0.15, -0.1) is 11.3 Å². The molecule has 0 N–H and O–H groups in total. The third kappa shape index (κ3) is 2.03.